The molecule has 0 aromatic heterocycles. The van der Waals surface area contributed by atoms with Crippen LogP contribution in [0.3, 0.4) is 0 Å². The van der Waals surface area contributed by atoms with Gasteiger partial charge < -0.3 is 9.80 Å². The lowest BCUT2D eigenvalue weighted by molar-refractivity contribution is 0.209. The molecule has 0 N–H and O–H groups in total. The number of rotatable bonds is 7. The van der Waals surface area contributed by atoms with Crippen molar-refractivity contribution in [1.29, 1.82) is 0 Å². The van der Waals surface area contributed by atoms with Crippen molar-refractivity contribution < 1.29 is 8.78 Å². The van der Waals surface area contributed by atoms with Gasteiger partial charge in [-0.3, -0.25) is 4.99 Å². The summed E-state index contributed by atoms with van der Waals surface area (Å²) >= 11 is 0. The Hall–Kier alpha value is -3.05. The van der Waals surface area contributed by atoms with E-state index >= 15 is 0 Å². The second kappa shape index (κ2) is 10.5. The van der Waals surface area contributed by atoms with Gasteiger partial charge in [0.1, 0.15) is 11.6 Å². The van der Waals surface area contributed by atoms with Crippen LogP contribution in [0.4, 0.5) is 14.5 Å². The zero-order chi connectivity index (χ0) is 23.3. The molecular formula is C29H31F2N3. The van der Waals surface area contributed by atoms with E-state index in [9.17, 15) is 8.78 Å². The molecule has 3 aromatic rings. The monoisotopic (exact) mass is 459 g/mol. The zero-order valence-electron chi connectivity index (χ0n) is 19.4. The zero-order valence-corrected chi connectivity index (χ0v) is 19.4. The van der Waals surface area contributed by atoms with Crippen molar-refractivity contribution in [1.82, 2.24) is 4.90 Å². The Morgan fingerprint density at radius 1 is 0.824 bits per heavy atom. The van der Waals surface area contributed by atoms with E-state index in [-0.39, 0.29) is 17.6 Å². The standard InChI is InChI=1S/C29H31F2N3/c30-25-11-7-22(8-12-25)28(23-9-13-26(31)14-10-23)5-3-17-33-18-15-27(16-19-33)34-21-32-20-24-4-1-2-6-29(24)34/h1-2,4,6-14,21,27-28H,3,5,15-20H2. The SMILES string of the molecule is Fc1ccc(C(CCCN2CCC(N3C=NCc4ccccc43)CC2)c2ccc(F)cc2)cc1. The second-order valence-corrected chi connectivity index (χ2v) is 9.36. The predicted molar refractivity (Wildman–Crippen MR) is 134 cm³/mol. The van der Waals surface area contributed by atoms with E-state index in [4.69, 9.17) is 0 Å². The molecule has 176 valence electrons. The molecule has 2 heterocycles. The normalized spacial score (nSPS) is 16.7. The highest BCUT2D eigenvalue weighted by Crippen LogP contribution is 2.31. The van der Waals surface area contributed by atoms with Crippen molar-refractivity contribution in [2.24, 2.45) is 4.99 Å². The molecule has 0 radical (unpaired) electrons. The predicted octanol–water partition coefficient (Wildman–Crippen LogP) is 6.39. The fourth-order valence-corrected chi connectivity index (χ4v) is 5.33. The number of hydrogen-bond acceptors (Lipinski definition) is 3. The van der Waals surface area contributed by atoms with Crippen LogP contribution in [0.25, 0.3) is 0 Å². The van der Waals surface area contributed by atoms with E-state index in [1.165, 1.54) is 35.5 Å². The maximum Gasteiger partial charge on any atom is 0.123 e. The molecule has 1 saturated heterocycles. The molecule has 5 rings (SSSR count). The minimum absolute atomic E-state index is 0.139. The van der Waals surface area contributed by atoms with Crippen molar-refractivity contribution in [2.45, 2.75) is 44.2 Å². The Bertz CT molecular complexity index is 1060. The van der Waals surface area contributed by atoms with Crippen molar-refractivity contribution in [3.63, 3.8) is 0 Å². The van der Waals surface area contributed by atoms with Crippen molar-refractivity contribution in [3.05, 3.63) is 101 Å². The number of hydrogen-bond donors (Lipinski definition) is 0. The van der Waals surface area contributed by atoms with Crippen LogP contribution >= 0.6 is 0 Å². The summed E-state index contributed by atoms with van der Waals surface area (Å²) in [5.74, 6) is -0.323. The van der Waals surface area contributed by atoms with Gasteiger partial charge in [-0.1, -0.05) is 42.5 Å². The highest BCUT2D eigenvalue weighted by molar-refractivity contribution is 5.83. The number of anilines is 1. The first kappa shape index (κ1) is 22.7. The lowest BCUT2D eigenvalue weighted by Gasteiger charge is -2.39. The van der Waals surface area contributed by atoms with Gasteiger partial charge in [-0.2, -0.15) is 0 Å². The van der Waals surface area contributed by atoms with Gasteiger partial charge in [0.05, 0.1) is 12.9 Å². The molecule has 3 nitrogen and oxygen atoms in total. The minimum atomic E-state index is -0.231. The molecule has 0 saturated carbocycles. The highest BCUT2D eigenvalue weighted by Gasteiger charge is 2.26. The summed E-state index contributed by atoms with van der Waals surface area (Å²) in [5.41, 5.74) is 4.77. The van der Waals surface area contributed by atoms with E-state index in [1.54, 1.807) is 0 Å². The maximum absolute atomic E-state index is 13.5. The van der Waals surface area contributed by atoms with Crippen LogP contribution in [0.2, 0.25) is 0 Å². The fraction of sp³-hybridized carbons (Fsp3) is 0.345. The third-order valence-electron chi connectivity index (χ3n) is 7.20. The smallest absolute Gasteiger partial charge is 0.123 e. The molecule has 2 aliphatic heterocycles. The second-order valence-electron chi connectivity index (χ2n) is 9.36. The van der Waals surface area contributed by atoms with E-state index in [1.807, 2.05) is 30.6 Å². The summed E-state index contributed by atoms with van der Waals surface area (Å²) in [6.07, 6.45) is 6.26. The van der Waals surface area contributed by atoms with Crippen LogP contribution in [0.5, 0.6) is 0 Å². The number of benzene rings is 3. The molecule has 34 heavy (non-hydrogen) atoms. The van der Waals surface area contributed by atoms with Crippen LogP contribution in [-0.4, -0.2) is 36.9 Å². The molecule has 3 aromatic carbocycles. The average Bonchev–Trinajstić information content (AvgIpc) is 2.88. The number of fused-ring (bicyclic) bond motifs is 1. The first-order chi connectivity index (χ1) is 16.7. The van der Waals surface area contributed by atoms with Gasteiger partial charge in [0.2, 0.25) is 0 Å². The number of aliphatic imine (C=N–C) groups is 1. The molecular weight excluding hydrogens is 428 g/mol. The lowest BCUT2D eigenvalue weighted by atomic mass is 9.87. The molecule has 0 aliphatic carbocycles. The lowest BCUT2D eigenvalue weighted by Crippen LogP contribution is -2.45. The fourth-order valence-electron chi connectivity index (χ4n) is 5.33. The van der Waals surface area contributed by atoms with Gasteiger partial charge in [-0.15, -0.1) is 0 Å². The quantitative estimate of drug-likeness (QED) is 0.408. The van der Waals surface area contributed by atoms with Crippen molar-refractivity contribution in [3.8, 4) is 0 Å². The third kappa shape index (κ3) is 5.20. The number of halogens is 2. The van der Waals surface area contributed by atoms with Gasteiger partial charge in [0.15, 0.2) is 0 Å². The van der Waals surface area contributed by atoms with Crippen LogP contribution in [0.15, 0.2) is 77.8 Å². The van der Waals surface area contributed by atoms with Gasteiger partial charge in [-0.05, 0) is 79.3 Å². The summed E-state index contributed by atoms with van der Waals surface area (Å²) in [5, 5.41) is 0. The topological polar surface area (TPSA) is 18.8 Å². The van der Waals surface area contributed by atoms with Gasteiger partial charge >= 0.3 is 0 Å². The van der Waals surface area contributed by atoms with Crippen molar-refractivity contribution in [2.75, 3.05) is 24.5 Å². The number of nitrogens with zero attached hydrogens (tertiary/aromatic N) is 3. The van der Waals surface area contributed by atoms with Gasteiger partial charge in [-0.25, -0.2) is 8.78 Å². The molecule has 0 bridgehead atoms. The Balaban J connectivity index is 1.17. The Morgan fingerprint density at radius 3 is 2.09 bits per heavy atom. The van der Waals surface area contributed by atoms with E-state index in [0.29, 0.717) is 6.04 Å². The molecule has 0 unspecified atom stereocenters. The Labute approximate surface area is 200 Å². The maximum atomic E-state index is 13.5. The summed E-state index contributed by atoms with van der Waals surface area (Å²) in [4.78, 5) is 9.49. The molecule has 0 atom stereocenters. The van der Waals surface area contributed by atoms with Gasteiger partial charge in [0, 0.05) is 30.7 Å². The van der Waals surface area contributed by atoms with Crippen LogP contribution in [0, 0.1) is 11.6 Å². The van der Waals surface area contributed by atoms with E-state index in [2.05, 4.69) is 39.1 Å². The molecule has 2 aliphatic rings. The first-order valence-electron chi connectivity index (χ1n) is 12.3. The first-order valence-corrected chi connectivity index (χ1v) is 12.3. The number of piperidine rings is 1. The summed E-state index contributed by atoms with van der Waals surface area (Å²) in [6.45, 7) is 3.97. The minimum Gasteiger partial charge on any atom is -0.329 e. The van der Waals surface area contributed by atoms with Crippen LogP contribution < -0.4 is 4.90 Å². The average molecular weight is 460 g/mol. The van der Waals surface area contributed by atoms with E-state index < -0.39 is 0 Å². The molecule has 1 fully saturated rings. The molecule has 0 spiro atoms. The number of likely N-dealkylation sites (tertiary alicyclic amines) is 1. The largest absolute Gasteiger partial charge is 0.329 e. The molecule has 5 heteroatoms. The summed E-state index contributed by atoms with van der Waals surface area (Å²) in [6, 6.07) is 22.5. The Morgan fingerprint density at radius 2 is 1.44 bits per heavy atom. The van der Waals surface area contributed by atoms with Crippen LogP contribution in [0.1, 0.15) is 48.3 Å². The summed E-state index contributed by atoms with van der Waals surface area (Å²) in [7, 11) is 0. The van der Waals surface area contributed by atoms with E-state index in [0.717, 1.165) is 63.0 Å². The highest BCUT2D eigenvalue weighted by atomic mass is 19.1. The third-order valence-corrected chi connectivity index (χ3v) is 7.20. The number of para-hydroxylation sites is 1. The Kier molecular flexibility index (Phi) is 7.00. The summed E-state index contributed by atoms with van der Waals surface area (Å²) < 4.78 is 27.0. The van der Waals surface area contributed by atoms with Gasteiger partial charge in [0.25, 0.3) is 0 Å². The van der Waals surface area contributed by atoms with Crippen molar-refractivity contribution >= 4 is 12.0 Å². The van der Waals surface area contributed by atoms with Crippen LogP contribution in [-0.2, 0) is 6.54 Å². The molecule has 0 amide bonds.